The summed E-state index contributed by atoms with van der Waals surface area (Å²) in [5, 5.41) is 8.95. The average molecular weight is 172 g/mol. The van der Waals surface area contributed by atoms with Crippen LogP contribution in [0.15, 0.2) is 0 Å². The predicted octanol–water partition coefficient (Wildman–Crippen LogP) is 2.92. The number of hydrogen-bond acceptors (Lipinski definition) is 1. The Kier molecular flexibility index (Phi) is 4.29. The summed E-state index contributed by atoms with van der Waals surface area (Å²) < 4.78 is 0. The number of carboxylic acids is 1. The molecule has 0 saturated carbocycles. The fourth-order valence-electron chi connectivity index (χ4n) is 1.04. The third-order valence-electron chi connectivity index (χ3n) is 2.57. The largest absolute Gasteiger partial charge is 0.481 e. The summed E-state index contributed by atoms with van der Waals surface area (Å²) in [5.74, 6) is -0.0686. The van der Waals surface area contributed by atoms with E-state index in [9.17, 15) is 4.79 Å². The van der Waals surface area contributed by atoms with Gasteiger partial charge in [-0.2, -0.15) is 0 Å². The van der Waals surface area contributed by atoms with Crippen molar-refractivity contribution in [3.05, 3.63) is 0 Å². The Morgan fingerprint density at radius 1 is 1.50 bits per heavy atom. The van der Waals surface area contributed by atoms with Gasteiger partial charge in [-0.05, 0) is 32.1 Å². The quantitative estimate of drug-likeness (QED) is 0.692. The van der Waals surface area contributed by atoms with Crippen molar-refractivity contribution >= 4 is 5.97 Å². The van der Waals surface area contributed by atoms with Crippen molar-refractivity contribution in [2.24, 2.45) is 11.3 Å². The minimum absolute atomic E-state index is 0.510. The van der Waals surface area contributed by atoms with E-state index in [0.29, 0.717) is 5.92 Å². The van der Waals surface area contributed by atoms with Crippen LogP contribution in [0.5, 0.6) is 0 Å². The fourth-order valence-corrected chi connectivity index (χ4v) is 1.04. The van der Waals surface area contributed by atoms with Crippen molar-refractivity contribution in [2.75, 3.05) is 0 Å². The van der Waals surface area contributed by atoms with Gasteiger partial charge in [0.25, 0.3) is 0 Å². The normalized spacial score (nSPS) is 16.1. The first kappa shape index (κ1) is 11.5. The van der Waals surface area contributed by atoms with Gasteiger partial charge in [-0.3, -0.25) is 4.79 Å². The van der Waals surface area contributed by atoms with Gasteiger partial charge in [-0.15, -0.1) is 0 Å². The molecule has 0 aliphatic carbocycles. The zero-order chi connectivity index (χ0) is 9.78. The molecule has 1 atom stereocenters. The zero-order valence-corrected chi connectivity index (χ0v) is 8.55. The lowest BCUT2D eigenvalue weighted by atomic mass is 9.81. The van der Waals surface area contributed by atoms with Gasteiger partial charge in [0.2, 0.25) is 0 Å². The fraction of sp³-hybridized carbons (Fsp3) is 0.900. The predicted molar refractivity (Wildman–Crippen MR) is 50.1 cm³/mol. The monoisotopic (exact) mass is 172 g/mol. The van der Waals surface area contributed by atoms with E-state index >= 15 is 0 Å². The lowest BCUT2D eigenvalue weighted by Gasteiger charge is -2.23. The van der Waals surface area contributed by atoms with E-state index in [-0.39, 0.29) is 0 Å². The molecule has 0 amide bonds. The number of carbonyl (C=O) groups is 1. The van der Waals surface area contributed by atoms with Gasteiger partial charge in [0, 0.05) is 0 Å². The second kappa shape index (κ2) is 4.48. The molecule has 1 N–H and O–H groups in total. The molecule has 0 radical (unpaired) electrons. The van der Waals surface area contributed by atoms with Gasteiger partial charge in [0.15, 0.2) is 0 Å². The van der Waals surface area contributed by atoms with E-state index < -0.39 is 11.4 Å². The van der Waals surface area contributed by atoms with Crippen LogP contribution in [0.25, 0.3) is 0 Å². The van der Waals surface area contributed by atoms with Crippen LogP contribution >= 0.6 is 0 Å². The van der Waals surface area contributed by atoms with E-state index in [0.717, 1.165) is 19.3 Å². The molecule has 0 heterocycles. The minimum Gasteiger partial charge on any atom is -0.481 e. The molecule has 72 valence electrons. The van der Waals surface area contributed by atoms with Crippen LogP contribution in [-0.2, 0) is 4.79 Å². The van der Waals surface area contributed by atoms with Crippen molar-refractivity contribution in [1.29, 1.82) is 0 Å². The lowest BCUT2D eigenvalue weighted by Crippen LogP contribution is -2.26. The van der Waals surface area contributed by atoms with Crippen LogP contribution in [0, 0.1) is 11.3 Å². The smallest absolute Gasteiger partial charge is 0.309 e. The standard InChI is InChI=1S/C10H20O2/c1-5-10(4,9(11)12)7-6-8(2)3/h8H,5-7H2,1-4H3,(H,11,12)/t10-/m1/s1. The van der Waals surface area contributed by atoms with Crippen LogP contribution in [0.2, 0.25) is 0 Å². The molecule has 0 rings (SSSR count). The summed E-state index contributed by atoms with van der Waals surface area (Å²) in [5.41, 5.74) is -0.510. The topological polar surface area (TPSA) is 37.3 Å². The molecule has 0 aliphatic heterocycles. The maximum absolute atomic E-state index is 10.9. The van der Waals surface area contributed by atoms with Crippen molar-refractivity contribution in [2.45, 2.75) is 47.0 Å². The van der Waals surface area contributed by atoms with Crippen LogP contribution in [0.4, 0.5) is 0 Å². The Labute approximate surface area is 75.0 Å². The molecule has 2 heteroatoms. The second-order valence-corrected chi connectivity index (χ2v) is 4.15. The highest BCUT2D eigenvalue weighted by Gasteiger charge is 2.30. The Morgan fingerprint density at radius 3 is 2.25 bits per heavy atom. The summed E-state index contributed by atoms with van der Waals surface area (Å²) in [4.78, 5) is 10.9. The van der Waals surface area contributed by atoms with Gasteiger partial charge < -0.3 is 5.11 Å². The molecule has 12 heavy (non-hydrogen) atoms. The number of rotatable bonds is 5. The zero-order valence-electron chi connectivity index (χ0n) is 8.55. The first-order valence-corrected chi connectivity index (χ1v) is 4.65. The van der Waals surface area contributed by atoms with E-state index in [1.807, 2.05) is 13.8 Å². The molecule has 0 spiro atoms. The summed E-state index contributed by atoms with van der Waals surface area (Å²) in [6.45, 7) is 8.02. The van der Waals surface area contributed by atoms with Gasteiger partial charge in [-0.1, -0.05) is 20.8 Å². The second-order valence-electron chi connectivity index (χ2n) is 4.15. The summed E-state index contributed by atoms with van der Waals surface area (Å²) in [6.07, 6.45) is 2.50. The van der Waals surface area contributed by atoms with Gasteiger partial charge in [-0.25, -0.2) is 0 Å². The van der Waals surface area contributed by atoms with Gasteiger partial charge >= 0.3 is 5.97 Å². The summed E-state index contributed by atoms with van der Waals surface area (Å²) >= 11 is 0. The highest BCUT2D eigenvalue weighted by molar-refractivity contribution is 5.73. The number of hydrogen-bond donors (Lipinski definition) is 1. The molecule has 0 fully saturated rings. The van der Waals surface area contributed by atoms with E-state index in [4.69, 9.17) is 5.11 Å². The molecule has 0 bridgehead atoms. The van der Waals surface area contributed by atoms with Crippen LogP contribution in [0.3, 0.4) is 0 Å². The van der Waals surface area contributed by atoms with Crippen molar-refractivity contribution in [3.8, 4) is 0 Å². The molecule has 0 aromatic rings. The van der Waals surface area contributed by atoms with Crippen LogP contribution in [0.1, 0.15) is 47.0 Å². The first-order chi connectivity index (χ1) is 5.42. The van der Waals surface area contributed by atoms with E-state index in [2.05, 4.69) is 13.8 Å². The summed E-state index contributed by atoms with van der Waals surface area (Å²) in [7, 11) is 0. The maximum atomic E-state index is 10.9. The maximum Gasteiger partial charge on any atom is 0.309 e. The Morgan fingerprint density at radius 2 is 2.00 bits per heavy atom. The summed E-state index contributed by atoms with van der Waals surface area (Å²) in [6, 6.07) is 0. The third-order valence-corrected chi connectivity index (χ3v) is 2.57. The SMILES string of the molecule is CC[C@](C)(CCC(C)C)C(=O)O. The van der Waals surface area contributed by atoms with E-state index in [1.54, 1.807) is 0 Å². The molecular formula is C10H20O2. The molecule has 0 aromatic carbocycles. The molecule has 0 unspecified atom stereocenters. The lowest BCUT2D eigenvalue weighted by molar-refractivity contribution is -0.148. The molecule has 2 nitrogen and oxygen atoms in total. The number of aliphatic carboxylic acids is 1. The Hall–Kier alpha value is -0.530. The van der Waals surface area contributed by atoms with Crippen molar-refractivity contribution < 1.29 is 9.90 Å². The average Bonchev–Trinajstić information content (AvgIpc) is 1.99. The van der Waals surface area contributed by atoms with Crippen LogP contribution < -0.4 is 0 Å². The highest BCUT2D eigenvalue weighted by Crippen LogP contribution is 2.29. The van der Waals surface area contributed by atoms with Gasteiger partial charge in [0.1, 0.15) is 0 Å². The first-order valence-electron chi connectivity index (χ1n) is 4.65. The highest BCUT2D eigenvalue weighted by atomic mass is 16.4. The number of carboxylic acid groups (broad SMARTS) is 1. The van der Waals surface area contributed by atoms with E-state index in [1.165, 1.54) is 0 Å². The molecular weight excluding hydrogens is 152 g/mol. The molecule has 0 aliphatic rings. The Bertz CT molecular complexity index is 152. The molecule has 0 aromatic heterocycles. The van der Waals surface area contributed by atoms with Gasteiger partial charge in [0.05, 0.1) is 5.41 Å². The Balaban J connectivity index is 4.06. The van der Waals surface area contributed by atoms with Crippen molar-refractivity contribution in [3.63, 3.8) is 0 Å². The van der Waals surface area contributed by atoms with Crippen LogP contribution in [-0.4, -0.2) is 11.1 Å². The third kappa shape index (κ3) is 3.24. The minimum atomic E-state index is -0.661. The van der Waals surface area contributed by atoms with Crippen molar-refractivity contribution in [1.82, 2.24) is 0 Å². The molecule has 0 saturated heterocycles.